The average Bonchev–Trinajstić information content (AvgIpc) is 3.00. The molecule has 0 unspecified atom stereocenters. The molecule has 1 nitrogen and oxygen atoms in total. The first-order chi connectivity index (χ1) is 10.8. The highest BCUT2D eigenvalue weighted by molar-refractivity contribution is 7.15. The van der Waals surface area contributed by atoms with Crippen molar-refractivity contribution in [3.05, 3.63) is 53.4 Å². The molecule has 0 aliphatic rings. The Morgan fingerprint density at radius 1 is 0.955 bits per heavy atom. The molecule has 0 spiro atoms. The second kappa shape index (κ2) is 9.47. The van der Waals surface area contributed by atoms with Gasteiger partial charge in [0.05, 0.1) is 0 Å². The van der Waals surface area contributed by atoms with Gasteiger partial charge in [0, 0.05) is 9.75 Å². The van der Waals surface area contributed by atoms with Crippen molar-refractivity contribution < 1.29 is 4.74 Å². The highest BCUT2D eigenvalue weighted by Gasteiger charge is 2.02. The Bertz CT molecular complexity index is 566. The number of aryl methyl sites for hydroxylation is 1. The molecule has 1 aromatic heterocycles. The number of benzene rings is 1. The molecule has 0 fully saturated rings. The molecular formula is C20H26OS. The Morgan fingerprint density at radius 3 is 2.50 bits per heavy atom. The summed E-state index contributed by atoms with van der Waals surface area (Å²) in [6, 6.07) is 12.9. The van der Waals surface area contributed by atoms with E-state index in [0.29, 0.717) is 6.61 Å². The van der Waals surface area contributed by atoms with Gasteiger partial charge in [0.2, 0.25) is 0 Å². The fourth-order valence-electron chi connectivity index (χ4n) is 2.28. The van der Waals surface area contributed by atoms with Crippen LogP contribution in [0.3, 0.4) is 0 Å². The zero-order valence-corrected chi connectivity index (χ0v) is 14.5. The Balaban J connectivity index is 1.85. The van der Waals surface area contributed by atoms with Crippen molar-refractivity contribution in [2.45, 2.75) is 46.0 Å². The summed E-state index contributed by atoms with van der Waals surface area (Å²) in [5.41, 5.74) is 1.28. The normalized spacial score (nSPS) is 11.2. The van der Waals surface area contributed by atoms with Crippen molar-refractivity contribution in [3.8, 4) is 16.2 Å². The van der Waals surface area contributed by atoms with Crippen LogP contribution in [0.2, 0.25) is 0 Å². The van der Waals surface area contributed by atoms with Crippen LogP contribution in [0.5, 0.6) is 5.75 Å². The van der Waals surface area contributed by atoms with E-state index in [2.05, 4.69) is 62.4 Å². The van der Waals surface area contributed by atoms with Gasteiger partial charge in [-0.3, -0.25) is 0 Å². The lowest BCUT2D eigenvalue weighted by molar-refractivity contribution is 0.362. The maximum atomic E-state index is 5.74. The maximum absolute atomic E-state index is 5.74. The van der Waals surface area contributed by atoms with Gasteiger partial charge in [0.25, 0.3) is 0 Å². The molecule has 0 radical (unpaired) electrons. The quantitative estimate of drug-likeness (QED) is 0.379. The Morgan fingerprint density at radius 2 is 1.77 bits per heavy atom. The maximum Gasteiger partial charge on any atom is 0.119 e. The van der Waals surface area contributed by atoms with E-state index in [1.54, 1.807) is 0 Å². The van der Waals surface area contributed by atoms with Gasteiger partial charge in [-0.15, -0.1) is 11.3 Å². The number of unbranched alkanes of at least 4 members (excludes halogenated alkanes) is 2. The second-order valence-electron chi connectivity index (χ2n) is 5.46. The van der Waals surface area contributed by atoms with Gasteiger partial charge in [-0.2, -0.15) is 0 Å². The van der Waals surface area contributed by atoms with Crippen molar-refractivity contribution >= 4 is 11.3 Å². The molecule has 0 amide bonds. The smallest absolute Gasteiger partial charge is 0.119 e. The van der Waals surface area contributed by atoms with E-state index in [4.69, 9.17) is 4.74 Å². The summed E-state index contributed by atoms with van der Waals surface area (Å²) in [7, 11) is 0. The summed E-state index contributed by atoms with van der Waals surface area (Å²) in [5.74, 6) is 0.939. The molecule has 2 aromatic rings. The number of rotatable bonds is 9. The molecular weight excluding hydrogens is 288 g/mol. The first kappa shape index (κ1) is 16.8. The summed E-state index contributed by atoms with van der Waals surface area (Å²) in [4.78, 5) is 2.81. The molecule has 22 heavy (non-hydrogen) atoms. The van der Waals surface area contributed by atoms with E-state index in [1.165, 1.54) is 41.0 Å². The first-order valence-electron chi connectivity index (χ1n) is 8.30. The van der Waals surface area contributed by atoms with Crippen LogP contribution in [0.4, 0.5) is 0 Å². The number of hydrogen-bond donors (Lipinski definition) is 0. The SMILES string of the molecule is CCCCC=CCOc1ccc(-c2ccc(CCC)s2)cc1. The lowest BCUT2D eigenvalue weighted by atomic mass is 10.2. The van der Waals surface area contributed by atoms with E-state index in [0.717, 1.165) is 12.2 Å². The van der Waals surface area contributed by atoms with E-state index in [-0.39, 0.29) is 0 Å². The van der Waals surface area contributed by atoms with E-state index < -0.39 is 0 Å². The van der Waals surface area contributed by atoms with Gasteiger partial charge in [-0.05, 0) is 54.8 Å². The van der Waals surface area contributed by atoms with Crippen molar-refractivity contribution in [2.75, 3.05) is 6.61 Å². The zero-order chi connectivity index (χ0) is 15.6. The van der Waals surface area contributed by atoms with Crippen LogP contribution in [0.15, 0.2) is 48.6 Å². The summed E-state index contributed by atoms with van der Waals surface area (Å²) in [6.07, 6.45) is 10.4. The average molecular weight is 314 g/mol. The molecule has 0 atom stereocenters. The molecule has 0 aliphatic carbocycles. The Kier molecular flexibility index (Phi) is 7.24. The van der Waals surface area contributed by atoms with Gasteiger partial charge in [0.1, 0.15) is 12.4 Å². The summed E-state index contributed by atoms with van der Waals surface area (Å²) < 4.78 is 5.74. The minimum atomic E-state index is 0.655. The van der Waals surface area contributed by atoms with Crippen LogP contribution < -0.4 is 4.74 Å². The predicted molar refractivity (Wildman–Crippen MR) is 97.9 cm³/mol. The first-order valence-corrected chi connectivity index (χ1v) is 9.12. The third kappa shape index (κ3) is 5.34. The Labute approximate surface area is 138 Å². The van der Waals surface area contributed by atoms with Crippen LogP contribution in [0.1, 0.15) is 44.4 Å². The van der Waals surface area contributed by atoms with Crippen molar-refractivity contribution in [3.63, 3.8) is 0 Å². The van der Waals surface area contributed by atoms with E-state index in [1.807, 2.05) is 11.3 Å². The van der Waals surface area contributed by atoms with Crippen LogP contribution in [0, 0.1) is 0 Å². The third-order valence-electron chi connectivity index (χ3n) is 3.53. The highest BCUT2D eigenvalue weighted by atomic mass is 32.1. The molecule has 0 saturated heterocycles. The van der Waals surface area contributed by atoms with Gasteiger partial charge in [-0.1, -0.05) is 45.3 Å². The number of allylic oxidation sites excluding steroid dienone is 1. The molecule has 1 heterocycles. The standard InChI is InChI=1S/C20H26OS/c1-3-5-6-7-8-16-21-18-12-10-17(11-13-18)20-15-14-19(22-20)9-4-2/h7-8,10-15H,3-6,9,16H2,1-2H3. The van der Waals surface area contributed by atoms with Crippen LogP contribution in [-0.2, 0) is 6.42 Å². The number of hydrogen-bond acceptors (Lipinski definition) is 2. The third-order valence-corrected chi connectivity index (χ3v) is 4.73. The molecule has 2 rings (SSSR count). The van der Waals surface area contributed by atoms with Crippen molar-refractivity contribution in [2.24, 2.45) is 0 Å². The van der Waals surface area contributed by atoms with Crippen molar-refractivity contribution in [1.82, 2.24) is 0 Å². The summed E-state index contributed by atoms with van der Waals surface area (Å²) >= 11 is 1.89. The molecule has 2 heteroatoms. The summed E-state index contributed by atoms with van der Waals surface area (Å²) in [5, 5.41) is 0. The molecule has 0 bridgehead atoms. The molecule has 0 saturated carbocycles. The molecule has 1 aromatic carbocycles. The van der Waals surface area contributed by atoms with Gasteiger partial charge in [-0.25, -0.2) is 0 Å². The predicted octanol–water partition coefficient (Wildman–Crippen LogP) is 6.49. The largest absolute Gasteiger partial charge is 0.490 e. The fourth-order valence-corrected chi connectivity index (χ4v) is 3.40. The van der Waals surface area contributed by atoms with Crippen molar-refractivity contribution in [1.29, 1.82) is 0 Å². The van der Waals surface area contributed by atoms with E-state index >= 15 is 0 Å². The zero-order valence-electron chi connectivity index (χ0n) is 13.7. The lowest BCUT2D eigenvalue weighted by Gasteiger charge is -2.04. The number of ether oxygens (including phenoxy) is 1. The van der Waals surface area contributed by atoms with Crippen LogP contribution in [0.25, 0.3) is 10.4 Å². The Hall–Kier alpha value is -1.54. The van der Waals surface area contributed by atoms with Gasteiger partial charge in [0.15, 0.2) is 0 Å². The second-order valence-corrected chi connectivity index (χ2v) is 6.63. The number of thiophene rings is 1. The highest BCUT2D eigenvalue weighted by Crippen LogP contribution is 2.30. The van der Waals surface area contributed by atoms with Crippen LogP contribution >= 0.6 is 11.3 Å². The topological polar surface area (TPSA) is 9.23 Å². The van der Waals surface area contributed by atoms with Gasteiger partial charge >= 0.3 is 0 Å². The van der Waals surface area contributed by atoms with Crippen LogP contribution in [-0.4, -0.2) is 6.61 Å². The summed E-state index contributed by atoms with van der Waals surface area (Å²) in [6.45, 7) is 5.09. The molecule has 0 N–H and O–H groups in total. The lowest BCUT2D eigenvalue weighted by Crippen LogP contribution is -1.92. The monoisotopic (exact) mass is 314 g/mol. The fraction of sp³-hybridized carbons (Fsp3) is 0.400. The van der Waals surface area contributed by atoms with E-state index in [9.17, 15) is 0 Å². The minimum absolute atomic E-state index is 0.655. The van der Waals surface area contributed by atoms with Gasteiger partial charge < -0.3 is 4.74 Å². The molecule has 0 aliphatic heterocycles. The molecule has 118 valence electrons. The minimum Gasteiger partial charge on any atom is -0.490 e.